The summed E-state index contributed by atoms with van der Waals surface area (Å²) in [5.74, 6) is -0.222. The van der Waals surface area contributed by atoms with Crippen LogP contribution >= 0.6 is 0 Å². The lowest BCUT2D eigenvalue weighted by atomic mass is 10.1. The molecule has 34 heavy (non-hydrogen) atoms. The molecule has 0 amide bonds. The molecule has 1 heterocycles. The zero-order valence-electron chi connectivity index (χ0n) is 17.9. The molecule has 0 aliphatic carbocycles. The summed E-state index contributed by atoms with van der Waals surface area (Å²) in [7, 11) is -8.56. The summed E-state index contributed by atoms with van der Waals surface area (Å²) in [5, 5.41) is 10.9. The van der Waals surface area contributed by atoms with E-state index in [0.29, 0.717) is 5.56 Å². The van der Waals surface area contributed by atoms with Crippen LogP contribution in [0.25, 0.3) is 6.08 Å². The Kier molecular flexibility index (Phi) is 6.07. The van der Waals surface area contributed by atoms with E-state index in [2.05, 4.69) is 4.40 Å². The van der Waals surface area contributed by atoms with Crippen LogP contribution in [0.5, 0.6) is 0 Å². The number of non-ortho nitro benzene ring substituents is 1. The Morgan fingerprint density at radius 2 is 1.50 bits per heavy atom. The molecule has 9 nitrogen and oxygen atoms in total. The highest BCUT2D eigenvalue weighted by molar-refractivity contribution is 7.91. The number of hydrogen-bond donors (Lipinski definition) is 0. The number of rotatable bonds is 5. The Balaban J connectivity index is 1.85. The number of aryl methyl sites for hydroxylation is 1. The predicted molar refractivity (Wildman–Crippen MR) is 127 cm³/mol. The number of nitrogens with zero attached hydrogens (tertiary/aromatic N) is 3. The van der Waals surface area contributed by atoms with Crippen molar-refractivity contribution < 1.29 is 21.8 Å². The lowest BCUT2D eigenvalue weighted by molar-refractivity contribution is -0.384. The Hall–Kier alpha value is -3.83. The summed E-state index contributed by atoms with van der Waals surface area (Å²) in [6.07, 6.45) is 2.80. The number of nitro benzene ring substituents is 1. The third kappa shape index (κ3) is 4.61. The minimum atomic E-state index is -4.38. The molecule has 4 rings (SSSR count). The molecule has 0 unspecified atom stereocenters. The van der Waals surface area contributed by atoms with Crippen molar-refractivity contribution in [3.8, 4) is 0 Å². The maximum atomic E-state index is 13.5. The predicted octanol–water partition coefficient (Wildman–Crippen LogP) is 3.91. The van der Waals surface area contributed by atoms with E-state index in [9.17, 15) is 26.9 Å². The van der Waals surface area contributed by atoms with Crippen molar-refractivity contribution in [2.75, 3.05) is 0 Å². The average Bonchev–Trinajstić information content (AvgIpc) is 2.98. The summed E-state index contributed by atoms with van der Waals surface area (Å²) in [5.41, 5.74) is 2.01. The molecule has 0 atom stereocenters. The standard InChI is InChI=1S/C23H19N3O6S2/c1-17-6-10-22(11-7-17)34(31,32)25-15-14-18-4-2-3-5-19(18)16-23(25)24-33(29,30)21-12-8-20(9-13-21)26(27)28/h2-15H,16H2,1H3/b24-23-. The molecule has 0 saturated carbocycles. The van der Waals surface area contributed by atoms with Crippen molar-refractivity contribution in [2.45, 2.75) is 23.1 Å². The molecule has 3 aromatic carbocycles. The van der Waals surface area contributed by atoms with E-state index >= 15 is 0 Å². The lowest BCUT2D eigenvalue weighted by Gasteiger charge is -2.21. The van der Waals surface area contributed by atoms with Gasteiger partial charge in [0.15, 0.2) is 0 Å². The van der Waals surface area contributed by atoms with E-state index in [0.717, 1.165) is 39.7 Å². The maximum absolute atomic E-state index is 13.5. The van der Waals surface area contributed by atoms with E-state index < -0.39 is 25.0 Å². The molecule has 0 fully saturated rings. The Morgan fingerprint density at radius 3 is 2.15 bits per heavy atom. The number of sulfonamides is 2. The molecule has 3 aromatic rings. The minimum Gasteiger partial charge on any atom is -0.258 e. The van der Waals surface area contributed by atoms with Crippen LogP contribution in [0.3, 0.4) is 0 Å². The van der Waals surface area contributed by atoms with Gasteiger partial charge in [0.2, 0.25) is 0 Å². The summed E-state index contributed by atoms with van der Waals surface area (Å²) in [4.78, 5) is 9.93. The van der Waals surface area contributed by atoms with Gasteiger partial charge in [0.1, 0.15) is 5.84 Å². The summed E-state index contributed by atoms with van der Waals surface area (Å²) in [6.45, 7) is 1.82. The zero-order chi connectivity index (χ0) is 24.5. The van der Waals surface area contributed by atoms with E-state index in [1.807, 2.05) is 6.92 Å². The Bertz CT molecular complexity index is 1530. The van der Waals surface area contributed by atoms with Crippen LogP contribution < -0.4 is 0 Å². The number of benzene rings is 3. The molecule has 0 saturated heterocycles. The molecule has 1 aliphatic rings. The van der Waals surface area contributed by atoms with Gasteiger partial charge in [-0.05, 0) is 48.4 Å². The van der Waals surface area contributed by atoms with Crippen molar-refractivity contribution in [1.29, 1.82) is 0 Å². The van der Waals surface area contributed by atoms with Crippen molar-refractivity contribution in [3.05, 3.63) is 106 Å². The molecule has 11 heteroatoms. The molecule has 174 valence electrons. The van der Waals surface area contributed by atoms with Crippen molar-refractivity contribution in [3.63, 3.8) is 0 Å². The lowest BCUT2D eigenvalue weighted by Crippen LogP contribution is -2.33. The fourth-order valence-electron chi connectivity index (χ4n) is 3.39. The molecule has 0 bridgehead atoms. The number of hydrogen-bond acceptors (Lipinski definition) is 6. The van der Waals surface area contributed by atoms with Crippen molar-refractivity contribution in [1.82, 2.24) is 4.31 Å². The second-order valence-corrected chi connectivity index (χ2v) is 11.0. The first-order valence-corrected chi connectivity index (χ1v) is 12.9. The van der Waals surface area contributed by atoms with Gasteiger partial charge >= 0.3 is 0 Å². The van der Waals surface area contributed by atoms with Gasteiger partial charge in [-0.15, -0.1) is 4.40 Å². The summed E-state index contributed by atoms with van der Waals surface area (Å²) in [6, 6.07) is 17.5. The van der Waals surface area contributed by atoms with Gasteiger partial charge in [0.25, 0.3) is 25.7 Å². The van der Waals surface area contributed by atoms with Crippen LogP contribution in [0.1, 0.15) is 16.7 Å². The average molecular weight is 498 g/mol. The largest absolute Gasteiger partial charge is 0.283 e. The van der Waals surface area contributed by atoms with Crippen LogP contribution in [0.2, 0.25) is 0 Å². The van der Waals surface area contributed by atoms with Gasteiger partial charge in [0.05, 0.1) is 14.7 Å². The van der Waals surface area contributed by atoms with Gasteiger partial charge < -0.3 is 0 Å². The summed E-state index contributed by atoms with van der Waals surface area (Å²) >= 11 is 0. The second kappa shape index (κ2) is 8.84. The third-order valence-electron chi connectivity index (χ3n) is 5.20. The van der Waals surface area contributed by atoms with E-state index in [-0.39, 0.29) is 27.7 Å². The fourth-order valence-corrected chi connectivity index (χ4v) is 5.76. The number of nitro groups is 1. The smallest absolute Gasteiger partial charge is 0.258 e. The number of amidine groups is 1. The van der Waals surface area contributed by atoms with Crippen molar-refractivity contribution in [2.24, 2.45) is 4.40 Å². The first-order chi connectivity index (χ1) is 16.1. The Labute approximate surface area is 197 Å². The fraction of sp³-hybridized carbons (Fsp3) is 0.0870. The van der Waals surface area contributed by atoms with Crippen LogP contribution in [0, 0.1) is 17.0 Å². The minimum absolute atomic E-state index is 0.0193. The molecule has 0 aromatic heterocycles. The van der Waals surface area contributed by atoms with Crippen LogP contribution in [-0.4, -0.2) is 31.9 Å². The zero-order valence-corrected chi connectivity index (χ0v) is 19.5. The molecule has 1 aliphatic heterocycles. The van der Waals surface area contributed by atoms with Crippen LogP contribution in [0.15, 0.2) is 93.2 Å². The molecular weight excluding hydrogens is 478 g/mol. The van der Waals surface area contributed by atoms with E-state index in [4.69, 9.17) is 0 Å². The second-order valence-electron chi connectivity index (χ2n) is 7.54. The molecular formula is C23H19N3O6S2. The first-order valence-electron chi connectivity index (χ1n) is 10.0. The molecule has 0 N–H and O–H groups in total. The SMILES string of the molecule is Cc1ccc(S(=O)(=O)N2C=Cc3ccccc3C/C2=N/S(=O)(=O)c2ccc([N+](=O)[O-])cc2)cc1. The van der Waals surface area contributed by atoms with Gasteiger partial charge in [-0.1, -0.05) is 42.0 Å². The quantitative estimate of drug-likeness (QED) is 0.388. The first kappa shape index (κ1) is 23.3. The normalized spacial score (nSPS) is 15.1. The highest BCUT2D eigenvalue weighted by Crippen LogP contribution is 2.26. The van der Waals surface area contributed by atoms with Gasteiger partial charge in [-0.3, -0.25) is 10.1 Å². The molecule has 0 spiro atoms. The van der Waals surface area contributed by atoms with E-state index in [1.54, 1.807) is 42.5 Å². The summed E-state index contributed by atoms with van der Waals surface area (Å²) < 4.78 is 57.8. The van der Waals surface area contributed by atoms with E-state index in [1.165, 1.54) is 18.3 Å². The monoisotopic (exact) mass is 497 g/mol. The third-order valence-corrected chi connectivity index (χ3v) is 8.23. The highest BCUT2D eigenvalue weighted by Gasteiger charge is 2.30. The Morgan fingerprint density at radius 1 is 0.882 bits per heavy atom. The van der Waals surface area contributed by atoms with Gasteiger partial charge in [-0.2, -0.15) is 8.42 Å². The van der Waals surface area contributed by atoms with Crippen LogP contribution in [0.4, 0.5) is 5.69 Å². The molecule has 0 radical (unpaired) electrons. The van der Waals surface area contributed by atoms with Crippen molar-refractivity contribution >= 4 is 37.6 Å². The highest BCUT2D eigenvalue weighted by atomic mass is 32.2. The topological polar surface area (TPSA) is 127 Å². The van der Waals surface area contributed by atoms with Gasteiger partial charge in [0, 0.05) is 24.8 Å². The maximum Gasteiger partial charge on any atom is 0.283 e. The number of fused-ring (bicyclic) bond motifs is 1. The van der Waals surface area contributed by atoms with Gasteiger partial charge in [-0.25, -0.2) is 12.7 Å². The van der Waals surface area contributed by atoms with Crippen LogP contribution in [-0.2, 0) is 26.5 Å².